The van der Waals surface area contributed by atoms with E-state index < -0.39 is 9.73 Å². The quantitative estimate of drug-likeness (QED) is 0.572. The molecule has 0 spiro atoms. The maximum absolute atomic E-state index is 12.4. The van der Waals surface area contributed by atoms with Crippen LogP contribution in [0.25, 0.3) is 0 Å². The normalized spacial score (nSPS) is 28.6. The molecule has 4 nitrogen and oxygen atoms in total. The number of hydrogen-bond donors (Lipinski definition) is 0. The lowest BCUT2D eigenvalue weighted by molar-refractivity contribution is 0.672. The van der Waals surface area contributed by atoms with Crippen LogP contribution in [0.4, 0.5) is 0 Å². The molecule has 1 saturated heterocycles. The van der Waals surface area contributed by atoms with Crippen LogP contribution in [0.15, 0.2) is 22.7 Å². The van der Waals surface area contributed by atoms with Gasteiger partial charge in [0.05, 0.1) is 15.0 Å². The monoisotopic (exact) mass is 255 g/mol. The summed E-state index contributed by atoms with van der Waals surface area (Å²) < 4.78 is 16.0. The number of rotatable bonds is 1. The molecule has 0 aromatic carbocycles. The van der Waals surface area contributed by atoms with Crippen molar-refractivity contribution >= 4 is 21.3 Å². The van der Waals surface area contributed by atoms with Crippen LogP contribution in [0.1, 0.15) is 23.7 Å². The minimum Gasteiger partial charge on any atom is -0.248 e. The Morgan fingerprint density at radius 2 is 2.44 bits per heavy atom. The molecule has 0 radical (unpaired) electrons. The van der Waals surface area contributed by atoms with Gasteiger partial charge < -0.3 is 0 Å². The number of halogens is 1. The van der Waals surface area contributed by atoms with Gasteiger partial charge in [0, 0.05) is 11.9 Å². The topological polar surface area (TPSA) is 66.1 Å². The Morgan fingerprint density at radius 3 is 3.06 bits per heavy atom. The van der Waals surface area contributed by atoms with Crippen molar-refractivity contribution in [3.8, 4) is 6.19 Å². The molecule has 2 heterocycles. The molecule has 84 valence electrons. The van der Waals surface area contributed by atoms with Crippen LogP contribution in [0, 0.1) is 11.5 Å². The number of nitriles is 1. The van der Waals surface area contributed by atoms with E-state index in [9.17, 15) is 4.21 Å². The fourth-order valence-corrected chi connectivity index (χ4v) is 4.37. The first-order valence-electron chi connectivity index (χ1n) is 4.89. The Morgan fingerprint density at radius 1 is 1.62 bits per heavy atom. The van der Waals surface area contributed by atoms with E-state index in [2.05, 4.69) is 9.35 Å². The molecule has 0 amide bonds. The summed E-state index contributed by atoms with van der Waals surface area (Å²) in [5.74, 6) is 0.494. The minimum absolute atomic E-state index is 0.183. The van der Waals surface area contributed by atoms with Crippen LogP contribution in [0.5, 0.6) is 0 Å². The zero-order chi connectivity index (χ0) is 11.6. The number of nitrogens with zero attached hydrogens (tertiary/aromatic N) is 3. The van der Waals surface area contributed by atoms with Crippen molar-refractivity contribution in [1.82, 2.24) is 4.98 Å². The number of hydrogen-bond acceptors (Lipinski definition) is 4. The van der Waals surface area contributed by atoms with Crippen molar-refractivity contribution < 1.29 is 4.21 Å². The summed E-state index contributed by atoms with van der Waals surface area (Å²) in [5, 5.41) is 8.79. The van der Waals surface area contributed by atoms with Crippen LogP contribution in [0.3, 0.4) is 0 Å². The van der Waals surface area contributed by atoms with E-state index in [1.165, 1.54) is 0 Å². The van der Waals surface area contributed by atoms with Gasteiger partial charge in [0.1, 0.15) is 5.15 Å². The Bertz CT molecular complexity index is 540. The molecular formula is C10H10ClN3OS. The van der Waals surface area contributed by atoms with E-state index in [0.717, 1.165) is 18.4 Å². The van der Waals surface area contributed by atoms with E-state index in [0.29, 0.717) is 10.9 Å². The Hall–Kier alpha value is -1.12. The van der Waals surface area contributed by atoms with Gasteiger partial charge in [0.15, 0.2) is 0 Å². The van der Waals surface area contributed by atoms with Gasteiger partial charge in [0.2, 0.25) is 6.19 Å². The van der Waals surface area contributed by atoms with E-state index in [4.69, 9.17) is 16.9 Å². The molecule has 2 atom stereocenters. The van der Waals surface area contributed by atoms with Gasteiger partial charge in [0.25, 0.3) is 0 Å². The summed E-state index contributed by atoms with van der Waals surface area (Å²) in [6.45, 7) is 0. The average molecular weight is 256 g/mol. The SMILES string of the molecule is N#CN=S1(=O)CCCC1c1ccc(Cl)nc1. The zero-order valence-electron chi connectivity index (χ0n) is 8.47. The van der Waals surface area contributed by atoms with Gasteiger partial charge in [-0.15, -0.1) is 4.36 Å². The highest BCUT2D eigenvalue weighted by atomic mass is 35.5. The smallest absolute Gasteiger partial charge is 0.214 e. The predicted molar refractivity (Wildman–Crippen MR) is 62.3 cm³/mol. The third kappa shape index (κ3) is 2.04. The third-order valence-electron chi connectivity index (χ3n) is 2.67. The fraction of sp³-hybridized carbons (Fsp3) is 0.400. The standard InChI is InChI=1S/C10H10ClN3OS/c11-10-4-3-8(6-13-10)9-2-1-5-16(9,15)14-7-12/h3-4,6,9H,1-2,5H2. The number of pyridine rings is 1. The molecule has 2 rings (SSSR count). The minimum atomic E-state index is -2.43. The first-order chi connectivity index (χ1) is 7.65. The maximum atomic E-state index is 12.4. The molecule has 1 aromatic rings. The van der Waals surface area contributed by atoms with Gasteiger partial charge in [-0.1, -0.05) is 17.7 Å². The van der Waals surface area contributed by atoms with Gasteiger partial charge in [-0.2, -0.15) is 5.26 Å². The lowest BCUT2D eigenvalue weighted by Gasteiger charge is -2.11. The molecule has 6 heteroatoms. The Balaban J connectivity index is 2.42. The van der Waals surface area contributed by atoms with Crippen molar-refractivity contribution in [3.63, 3.8) is 0 Å². The maximum Gasteiger partial charge on any atom is 0.214 e. The van der Waals surface area contributed by atoms with Crippen molar-refractivity contribution in [2.45, 2.75) is 18.1 Å². The molecule has 0 aliphatic carbocycles. The lowest BCUT2D eigenvalue weighted by atomic mass is 10.1. The predicted octanol–water partition coefficient (Wildman–Crippen LogP) is 2.52. The molecule has 2 unspecified atom stereocenters. The van der Waals surface area contributed by atoms with Gasteiger partial charge in [-0.3, -0.25) is 0 Å². The highest BCUT2D eigenvalue weighted by Gasteiger charge is 2.31. The second-order valence-corrected chi connectivity index (χ2v) is 6.56. The Labute approximate surface area is 99.4 Å². The van der Waals surface area contributed by atoms with Crippen LogP contribution >= 0.6 is 11.6 Å². The highest BCUT2D eigenvalue weighted by Crippen LogP contribution is 2.36. The molecule has 0 bridgehead atoms. The summed E-state index contributed by atoms with van der Waals surface area (Å²) in [6.07, 6.45) is 4.90. The lowest BCUT2D eigenvalue weighted by Crippen LogP contribution is -2.07. The Kier molecular flexibility index (Phi) is 3.13. The molecule has 16 heavy (non-hydrogen) atoms. The zero-order valence-corrected chi connectivity index (χ0v) is 10.0. The van der Waals surface area contributed by atoms with Crippen LogP contribution in [-0.2, 0) is 9.73 Å². The molecule has 1 aromatic heterocycles. The molecule has 0 N–H and O–H groups in total. The molecule has 0 saturated carbocycles. The molecule has 1 aliphatic heterocycles. The average Bonchev–Trinajstić information content (AvgIpc) is 2.62. The summed E-state index contributed by atoms with van der Waals surface area (Å²) >= 11 is 5.69. The van der Waals surface area contributed by atoms with Gasteiger partial charge in [-0.05, 0) is 24.5 Å². The van der Waals surface area contributed by atoms with Crippen molar-refractivity contribution in [1.29, 1.82) is 5.26 Å². The summed E-state index contributed by atoms with van der Waals surface area (Å²) in [6, 6.07) is 3.47. The number of aromatic nitrogens is 1. The third-order valence-corrected chi connectivity index (χ3v) is 5.55. The molecular weight excluding hydrogens is 246 g/mol. The van der Waals surface area contributed by atoms with Crippen molar-refractivity contribution in [2.75, 3.05) is 5.75 Å². The largest absolute Gasteiger partial charge is 0.248 e. The second kappa shape index (κ2) is 4.40. The summed E-state index contributed by atoms with van der Waals surface area (Å²) in [4.78, 5) is 3.96. The van der Waals surface area contributed by atoms with Crippen LogP contribution in [0.2, 0.25) is 5.15 Å². The summed E-state index contributed by atoms with van der Waals surface area (Å²) in [5.41, 5.74) is 0.853. The van der Waals surface area contributed by atoms with E-state index in [1.54, 1.807) is 24.5 Å². The van der Waals surface area contributed by atoms with Crippen LogP contribution < -0.4 is 0 Å². The van der Waals surface area contributed by atoms with Gasteiger partial charge in [-0.25, -0.2) is 9.19 Å². The van der Waals surface area contributed by atoms with E-state index >= 15 is 0 Å². The van der Waals surface area contributed by atoms with E-state index in [-0.39, 0.29) is 5.25 Å². The van der Waals surface area contributed by atoms with Crippen molar-refractivity contribution in [2.24, 2.45) is 4.36 Å². The van der Waals surface area contributed by atoms with Crippen LogP contribution in [-0.4, -0.2) is 14.9 Å². The van der Waals surface area contributed by atoms with E-state index in [1.807, 2.05) is 0 Å². The fourth-order valence-electron chi connectivity index (χ4n) is 1.94. The van der Waals surface area contributed by atoms with Crippen molar-refractivity contribution in [3.05, 3.63) is 29.0 Å². The summed E-state index contributed by atoms with van der Waals surface area (Å²) in [7, 11) is -2.43. The highest BCUT2D eigenvalue weighted by molar-refractivity contribution is 7.94. The molecule has 1 aliphatic rings. The first kappa shape index (κ1) is 11.4. The first-order valence-corrected chi connectivity index (χ1v) is 7.01. The van der Waals surface area contributed by atoms with Gasteiger partial charge >= 0.3 is 0 Å². The molecule has 1 fully saturated rings. The second-order valence-electron chi connectivity index (χ2n) is 3.63.